The number of hydroxylamine groups is 1. The van der Waals surface area contributed by atoms with Gasteiger partial charge in [0.1, 0.15) is 5.75 Å². The van der Waals surface area contributed by atoms with E-state index in [1.54, 1.807) is 20.4 Å². The maximum atomic E-state index is 11.9. The normalized spacial score (nSPS) is 12.1. The van der Waals surface area contributed by atoms with Gasteiger partial charge in [-0.15, -0.1) is 0 Å². The topological polar surface area (TPSA) is 72.5 Å². The van der Waals surface area contributed by atoms with Gasteiger partial charge in [0.25, 0.3) is 5.91 Å². The van der Waals surface area contributed by atoms with Gasteiger partial charge in [0.15, 0.2) is 0 Å². The van der Waals surface area contributed by atoms with Crippen LogP contribution in [0.5, 0.6) is 5.75 Å². The number of ether oxygens (including phenoxy) is 1. The Morgan fingerprint density at radius 2 is 2.14 bits per heavy atom. The molecule has 0 radical (unpaired) electrons. The zero-order valence-electron chi connectivity index (χ0n) is 12.3. The van der Waals surface area contributed by atoms with E-state index in [4.69, 9.17) is 4.74 Å². The molecule has 0 bridgehead atoms. The highest BCUT2D eigenvalue weighted by Gasteiger charge is 2.18. The van der Waals surface area contributed by atoms with Crippen LogP contribution in [0.1, 0.15) is 5.56 Å². The number of amides is 1. The molecule has 6 heteroatoms. The first-order valence-corrected chi connectivity index (χ1v) is 6.61. The van der Waals surface area contributed by atoms with Gasteiger partial charge in [-0.3, -0.25) is 14.6 Å². The average molecular weight is 289 g/mol. The van der Waals surface area contributed by atoms with Crippen LogP contribution in [0, 0.1) is 0 Å². The number of pyridine rings is 1. The van der Waals surface area contributed by atoms with E-state index in [0.29, 0.717) is 6.42 Å². The summed E-state index contributed by atoms with van der Waals surface area (Å²) in [5.74, 6) is 0.548. The van der Waals surface area contributed by atoms with E-state index >= 15 is 0 Å². The third-order valence-corrected chi connectivity index (χ3v) is 3.33. The second-order valence-electron chi connectivity index (χ2n) is 4.57. The number of carbonyl (C=O) groups excluding carboxylic acids is 1. The molecule has 0 aliphatic rings. The summed E-state index contributed by atoms with van der Waals surface area (Å²) in [5.41, 5.74) is 4.23. The smallest absolute Gasteiger partial charge is 0.260 e. The molecule has 6 nitrogen and oxygen atoms in total. The molecule has 112 valence electrons. The van der Waals surface area contributed by atoms with Gasteiger partial charge in [-0.2, -0.15) is 0 Å². The van der Waals surface area contributed by atoms with Gasteiger partial charge in [-0.05, 0) is 43.3 Å². The van der Waals surface area contributed by atoms with Gasteiger partial charge >= 0.3 is 0 Å². The largest absolute Gasteiger partial charge is 0.497 e. The molecule has 0 saturated heterocycles. The van der Waals surface area contributed by atoms with Gasteiger partial charge in [-0.25, -0.2) is 5.48 Å². The molecule has 0 aliphatic heterocycles. The van der Waals surface area contributed by atoms with Crippen LogP contribution in [0.15, 0.2) is 30.5 Å². The number of methoxy groups -OCH3 is 1. The van der Waals surface area contributed by atoms with Crippen LogP contribution in [-0.4, -0.2) is 38.2 Å². The monoisotopic (exact) mass is 289 g/mol. The summed E-state index contributed by atoms with van der Waals surface area (Å²) in [6, 6.07) is 7.22. The molecule has 21 heavy (non-hydrogen) atoms. The number of likely N-dealkylation sites (N-methyl/N-ethyl adjacent to an activating group) is 1. The molecule has 1 amide bonds. The van der Waals surface area contributed by atoms with Crippen LogP contribution in [0.25, 0.3) is 10.9 Å². The van der Waals surface area contributed by atoms with Crippen molar-refractivity contribution in [3.8, 4) is 5.75 Å². The Kier molecular flexibility index (Phi) is 5.08. The quantitative estimate of drug-likeness (QED) is 0.778. The van der Waals surface area contributed by atoms with Crippen molar-refractivity contribution in [3.63, 3.8) is 0 Å². The van der Waals surface area contributed by atoms with Crippen molar-refractivity contribution < 1.29 is 14.4 Å². The molecule has 2 N–H and O–H groups in total. The van der Waals surface area contributed by atoms with E-state index in [2.05, 4.69) is 20.6 Å². The molecular weight excluding hydrogens is 270 g/mol. The van der Waals surface area contributed by atoms with Gasteiger partial charge in [0.2, 0.25) is 0 Å². The van der Waals surface area contributed by atoms with Gasteiger partial charge in [0.05, 0.1) is 25.8 Å². The van der Waals surface area contributed by atoms with Gasteiger partial charge in [-0.1, -0.05) is 0 Å². The van der Waals surface area contributed by atoms with Crippen molar-refractivity contribution in [2.24, 2.45) is 0 Å². The number of fused-ring (bicyclic) bond motifs is 1. The maximum absolute atomic E-state index is 11.9. The summed E-state index contributed by atoms with van der Waals surface area (Å²) in [6.07, 6.45) is 2.27. The van der Waals surface area contributed by atoms with Crippen molar-refractivity contribution in [3.05, 3.63) is 36.0 Å². The minimum Gasteiger partial charge on any atom is -0.497 e. The van der Waals surface area contributed by atoms with Crippen molar-refractivity contribution in [1.82, 2.24) is 15.8 Å². The fourth-order valence-electron chi connectivity index (χ4n) is 2.20. The van der Waals surface area contributed by atoms with Crippen molar-refractivity contribution in [2.75, 3.05) is 21.3 Å². The number of nitrogens with zero attached hydrogens (tertiary/aromatic N) is 1. The van der Waals surface area contributed by atoms with E-state index < -0.39 is 0 Å². The average Bonchev–Trinajstić information content (AvgIpc) is 2.52. The lowest BCUT2D eigenvalue weighted by molar-refractivity contribution is -0.133. The first kappa shape index (κ1) is 15.2. The molecule has 0 saturated carbocycles. The first-order chi connectivity index (χ1) is 10.2. The van der Waals surface area contributed by atoms with Crippen LogP contribution in [0.3, 0.4) is 0 Å². The van der Waals surface area contributed by atoms with Crippen LogP contribution >= 0.6 is 0 Å². The molecule has 1 heterocycles. The van der Waals surface area contributed by atoms with E-state index in [1.165, 1.54) is 7.11 Å². The molecule has 2 rings (SSSR count). The minimum absolute atomic E-state index is 0.215. The Morgan fingerprint density at radius 1 is 1.33 bits per heavy atom. The summed E-state index contributed by atoms with van der Waals surface area (Å²) in [7, 11) is 4.78. The molecule has 0 unspecified atom stereocenters. The standard InChI is InChI=1S/C15H19N3O3/c1-16-14(15(19)18-21-3)8-10-6-7-17-13-5-4-11(20-2)9-12(10)13/h4-7,9,14,16H,8H2,1-3H3,(H,18,19)/t14-/m0/s1. The summed E-state index contributed by atoms with van der Waals surface area (Å²) in [5, 5.41) is 3.96. The van der Waals surface area contributed by atoms with E-state index in [0.717, 1.165) is 22.2 Å². The third-order valence-electron chi connectivity index (χ3n) is 3.33. The van der Waals surface area contributed by atoms with Crippen LogP contribution in [-0.2, 0) is 16.1 Å². The Labute approximate surface area is 123 Å². The zero-order valence-corrected chi connectivity index (χ0v) is 12.3. The highest BCUT2D eigenvalue weighted by Crippen LogP contribution is 2.23. The molecule has 1 aromatic carbocycles. The first-order valence-electron chi connectivity index (χ1n) is 6.61. The molecular formula is C15H19N3O3. The van der Waals surface area contributed by atoms with E-state index in [9.17, 15) is 4.79 Å². The Morgan fingerprint density at radius 3 is 2.81 bits per heavy atom. The van der Waals surface area contributed by atoms with E-state index in [-0.39, 0.29) is 11.9 Å². The third kappa shape index (κ3) is 3.48. The van der Waals surface area contributed by atoms with Crippen LogP contribution in [0.2, 0.25) is 0 Å². The number of hydrogen-bond donors (Lipinski definition) is 2. The molecule has 0 fully saturated rings. The predicted molar refractivity (Wildman–Crippen MR) is 80.0 cm³/mol. The van der Waals surface area contributed by atoms with Crippen molar-refractivity contribution in [2.45, 2.75) is 12.5 Å². The van der Waals surface area contributed by atoms with Gasteiger partial charge in [0, 0.05) is 11.6 Å². The highest BCUT2D eigenvalue weighted by molar-refractivity contribution is 5.86. The molecule has 0 aliphatic carbocycles. The lowest BCUT2D eigenvalue weighted by Crippen LogP contribution is -2.43. The molecule has 2 aromatic rings. The van der Waals surface area contributed by atoms with Crippen LogP contribution < -0.4 is 15.5 Å². The van der Waals surface area contributed by atoms with E-state index in [1.807, 2.05) is 24.3 Å². The summed E-state index contributed by atoms with van der Waals surface area (Å²) >= 11 is 0. The Bertz CT molecular complexity index is 631. The zero-order chi connectivity index (χ0) is 15.2. The summed E-state index contributed by atoms with van der Waals surface area (Å²) in [6.45, 7) is 0. The number of aromatic nitrogens is 1. The maximum Gasteiger partial charge on any atom is 0.260 e. The summed E-state index contributed by atoms with van der Waals surface area (Å²) < 4.78 is 5.25. The fraction of sp³-hybridized carbons (Fsp3) is 0.333. The molecule has 0 spiro atoms. The van der Waals surface area contributed by atoms with Crippen molar-refractivity contribution >= 4 is 16.8 Å². The predicted octanol–water partition coefficient (Wildman–Crippen LogP) is 1.05. The lowest BCUT2D eigenvalue weighted by atomic mass is 10.0. The fourth-order valence-corrected chi connectivity index (χ4v) is 2.20. The second kappa shape index (κ2) is 7.01. The number of hydrogen-bond acceptors (Lipinski definition) is 5. The Hall–Kier alpha value is -2.18. The minimum atomic E-state index is -0.387. The lowest BCUT2D eigenvalue weighted by Gasteiger charge is -2.16. The van der Waals surface area contributed by atoms with Gasteiger partial charge < -0.3 is 10.1 Å². The summed E-state index contributed by atoms with van der Waals surface area (Å²) in [4.78, 5) is 20.9. The van der Waals surface area contributed by atoms with Crippen molar-refractivity contribution in [1.29, 1.82) is 0 Å². The number of carbonyl (C=O) groups is 1. The number of nitrogens with one attached hydrogen (secondary N) is 2. The molecule has 1 atom stereocenters. The second-order valence-corrected chi connectivity index (χ2v) is 4.57. The highest BCUT2D eigenvalue weighted by atomic mass is 16.6. The molecule has 1 aromatic heterocycles. The van der Waals surface area contributed by atoms with Crippen LogP contribution in [0.4, 0.5) is 0 Å². The number of rotatable bonds is 6. The SMILES string of the molecule is CN[C@@H](Cc1ccnc2ccc(OC)cc12)C(=O)NOC. The number of benzene rings is 1. The Balaban J connectivity index is 2.34.